The van der Waals surface area contributed by atoms with Crippen LogP contribution in [0.4, 0.5) is 10.5 Å². The molecule has 0 N–H and O–H groups in total. The molecule has 0 radical (unpaired) electrons. The van der Waals surface area contributed by atoms with Crippen molar-refractivity contribution in [3.8, 4) is 0 Å². The lowest BCUT2D eigenvalue weighted by atomic mass is 10.1. The maximum atomic E-state index is 12.5. The molecule has 2 rings (SSSR count). The fourth-order valence-electron chi connectivity index (χ4n) is 2.45. The zero-order valence-corrected chi connectivity index (χ0v) is 12.9. The molecule has 0 saturated heterocycles. The maximum absolute atomic E-state index is 12.5. The summed E-state index contributed by atoms with van der Waals surface area (Å²) in [5, 5.41) is 0.583. The number of halogens is 1. The van der Waals surface area contributed by atoms with E-state index < -0.39 is 5.60 Å². The Bertz CT molecular complexity index is 534. The first-order valence-corrected chi connectivity index (χ1v) is 7.12. The quantitative estimate of drug-likeness (QED) is 0.747. The molecule has 0 spiro atoms. The van der Waals surface area contributed by atoms with Crippen molar-refractivity contribution in [2.75, 3.05) is 4.90 Å². The van der Waals surface area contributed by atoms with E-state index in [4.69, 9.17) is 16.3 Å². The Kier molecular flexibility index (Phi) is 4.09. The second-order valence-electron chi connectivity index (χ2n) is 5.98. The summed E-state index contributed by atoms with van der Waals surface area (Å²) < 4.78 is 5.50. The molecule has 0 aliphatic carbocycles. The summed E-state index contributed by atoms with van der Waals surface area (Å²) in [6, 6.07) is 5.73. The number of carbonyl (C=O) groups is 1. The summed E-state index contributed by atoms with van der Waals surface area (Å²) in [6.07, 6.45) is 2.96. The van der Waals surface area contributed by atoms with E-state index in [1.807, 2.05) is 39.0 Å². The number of ether oxygens (including phenoxy) is 1. The number of carbonyl (C=O) groups excluding carboxylic acids is 1. The predicted molar refractivity (Wildman–Crippen MR) is 82.5 cm³/mol. The van der Waals surface area contributed by atoms with Crippen LogP contribution in [0.2, 0.25) is 5.02 Å². The average Bonchev–Trinajstić information content (AvgIpc) is 2.67. The molecule has 0 bridgehead atoms. The molecular formula is C16H20ClNO2. The molecule has 0 unspecified atom stereocenters. The van der Waals surface area contributed by atoms with Gasteiger partial charge >= 0.3 is 6.09 Å². The van der Waals surface area contributed by atoms with E-state index in [0.717, 1.165) is 17.7 Å². The van der Waals surface area contributed by atoms with E-state index in [2.05, 4.69) is 6.58 Å². The van der Waals surface area contributed by atoms with Crippen molar-refractivity contribution in [3.63, 3.8) is 0 Å². The van der Waals surface area contributed by atoms with Crippen LogP contribution in [0.5, 0.6) is 0 Å². The third kappa shape index (κ3) is 2.98. The Balaban J connectivity index is 2.37. The molecular weight excluding hydrogens is 274 g/mol. The van der Waals surface area contributed by atoms with Gasteiger partial charge in [-0.2, -0.15) is 0 Å². The highest BCUT2D eigenvalue weighted by Crippen LogP contribution is 2.40. The minimum absolute atomic E-state index is 0.0252. The minimum Gasteiger partial charge on any atom is -0.443 e. The number of nitrogens with zero attached hydrogens (tertiary/aromatic N) is 1. The van der Waals surface area contributed by atoms with Crippen molar-refractivity contribution >= 4 is 23.4 Å². The molecule has 1 aliphatic heterocycles. The highest BCUT2D eigenvalue weighted by molar-refractivity contribution is 6.34. The standard InChI is InChI=1S/C16H20ClNO2/c1-5-7-12-10-11-8-6-9-13(17)14(11)18(12)15(19)20-16(2,3)4/h5-6,8-9,12H,1,7,10H2,2-4H3/t12-/m0/s1. The van der Waals surface area contributed by atoms with E-state index >= 15 is 0 Å². The van der Waals surface area contributed by atoms with Crippen LogP contribution in [0.3, 0.4) is 0 Å². The van der Waals surface area contributed by atoms with E-state index in [0.29, 0.717) is 11.4 Å². The van der Waals surface area contributed by atoms with Gasteiger partial charge in [-0.1, -0.05) is 29.8 Å². The van der Waals surface area contributed by atoms with Crippen molar-refractivity contribution < 1.29 is 9.53 Å². The molecule has 0 saturated carbocycles. The summed E-state index contributed by atoms with van der Waals surface area (Å²) in [6.45, 7) is 9.34. The van der Waals surface area contributed by atoms with Gasteiger partial charge < -0.3 is 4.74 Å². The topological polar surface area (TPSA) is 29.5 Å². The molecule has 1 atom stereocenters. The number of rotatable bonds is 2. The monoisotopic (exact) mass is 293 g/mol. The molecule has 3 nitrogen and oxygen atoms in total. The minimum atomic E-state index is -0.528. The van der Waals surface area contributed by atoms with Gasteiger partial charge in [-0.3, -0.25) is 4.90 Å². The van der Waals surface area contributed by atoms with Crippen molar-refractivity contribution in [1.82, 2.24) is 0 Å². The summed E-state index contributed by atoms with van der Waals surface area (Å²) in [4.78, 5) is 14.1. The van der Waals surface area contributed by atoms with Gasteiger partial charge in [0.25, 0.3) is 0 Å². The Labute approximate surface area is 125 Å². The van der Waals surface area contributed by atoms with Crippen LogP contribution in [0.15, 0.2) is 30.9 Å². The van der Waals surface area contributed by atoms with Crippen LogP contribution in [-0.4, -0.2) is 17.7 Å². The summed E-state index contributed by atoms with van der Waals surface area (Å²) >= 11 is 6.27. The first-order valence-electron chi connectivity index (χ1n) is 6.74. The zero-order chi connectivity index (χ0) is 14.9. The van der Waals surface area contributed by atoms with Gasteiger partial charge in [0.1, 0.15) is 5.60 Å². The van der Waals surface area contributed by atoms with Crippen LogP contribution >= 0.6 is 11.6 Å². The van der Waals surface area contributed by atoms with Crippen molar-refractivity contribution in [3.05, 3.63) is 41.4 Å². The lowest BCUT2D eigenvalue weighted by Gasteiger charge is -2.29. The zero-order valence-electron chi connectivity index (χ0n) is 12.1. The third-order valence-electron chi connectivity index (χ3n) is 3.16. The van der Waals surface area contributed by atoms with Crippen molar-refractivity contribution in [2.45, 2.75) is 45.3 Å². The number of hydrogen-bond acceptors (Lipinski definition) is 2. The van der Waals surface area contributed by atoms with Gasteiger partial charge in [-0.25, -0.2) is 4.79 Å². The molecule has 108 valence electrons. The van der Waals surface area contributed by atoms with E-state index in [1.54, 1.807) is 11.0 Å². The number of benzene rings is 1. The van der Waals surface area contributed by atoms with Gasteiger partial charge in [0.15, 0.2) is 0 Å². The predicted octanol–water partition coefficient (Wildman–Crippen LogP) is 4.58. The van der Waals surface area contributed by atoms with Gasteiger partial charge in [-0.05, 0) is 45.2 Å². The fourth-order valence-corrected chi connectivity index (χ4v) is 2.74. The molecule has 0 aromatic heterocycles. The van der Waals surface area contributed by atoms with Gasteiger partial charge in [0, 0.05) is 6.04 Å². The van der Waals surface area contributed by atoms with Gasteiger partial charge in [0.2, 0.25) is 0 Å². The number of fused-ring (bicyclic) bond motifs is 1. The highest BCUT2D eigenvalue weighted by atomic mass is 35.5. The normalized spacial score (nSPS) is 17.8. The van der Waals surface area contributed by atoms with Crippen LogP contribution < -0.4 is 4.90 Å². The Morgan fingerprint density at radius 2 is 2.25 bits per heavy atom. The number of anilines is 1. The second kappa shape index (κ2) is 5.49. The smallest absolute Gasteiger partial charge is 0.415 e. The lowest BCUT2D eigenvalue weighted by molar-refractivity contribution is 0.0570. The summed E-state index contributed by atoms with van der Waals surface area (Å²) in [7, 11) is 0. The molecule has 1 amide bonds. The molecule has 20 heavy (non-hydrogen) atoms. The van der Waals surface area contributed by atoms with Crippen LogP contribution in [0, 0.1) is 0 Å². The Morgan fingerprint density at radius 3 is 2.85 bits per heavy atom. The second-order valence-corrected chi connectivity index (χ2v) is 6.39. The Hall–Kier alpha value is -1.48. The number of amides is 1. The molecule has 1 aliphatic rings. The van der Waals surface area contributed by atoms with Crippen molar-refractivity contribution in [2.24, 2.45) is 0 Å². The number of hydrogen-bond donors (Lipinski definition) is 0. The number of para-hydroxylation sites is 1. The van der Waals surface area contributed by atoms with Gasteiger partial charge in [0.05, 0.1) is 10.7 Å². The fraction of sp³-hybridized carbons (Fsp3) is 0.438. The third-order valence-corrected chi connectivity index (χ3v) is 3.47. The molecule has 0 fully saturated rings. The highest BCUT2D eigenvalue weighted by Gasteiger charge is 2.37. The van der Waals surface area contributed by atoms with Crippen LogP contribution in [-0.2, 0) is 11.2 Å². The van der Waals surface area contributed by atoms with Crippen LogP contribution in [0.1, 0.15) is 32.8 Å². The van der Waals surface area contributed by atoms with E-state index in [9.17, 15) is 4.79 Å². The lowest BCUT2D eigenvalue weighted by Crippen LogP contribution is -2.41. The molecule has 4 heteroatoms. The largest absolute Gasteiger partial charge is 0.443 e. The average molecular weight is 294 g/mol. The first-order chi connectivity index (χ1) is 9.33. The SMILES string of the molecule is C=CC[C@H]1Cc2cccc(Cl)c2N1C(=O)OC(C)(C)C. The van der Waals surface area contributed by atoms with E-state index in [-0.39, 0.29) is 12.1 Å². The maximum Gasteiger partial charge on any atom is 0.415 e. The molecule has 1 aromatic carbocycles. The van der Waals surface area contributed by atoms with Crippen LogP contribution in [0.25, 0.3) is 0 Å². The summed E-state index contributed by atoms with van der Waals surface area (Å²) in [5.74, 6) is 0. The first kappa shape index (κ1) is 14.9. The Morgan fingerprint density at radius 1 is 1.55 bits per heavy atom. The molecule has 1 aromatic rings. The van der Waals surface area contributed by atoms with E-state index in [1.165, 1.54) is 0 Å². The molecule has 1 heterocycles. The summed E-state index contributed by atoms with van der Waals surface area (Å²) in [5.41, 5.74) is 1.32. The van der Waals surface area contributed by atoms with Gasteiger partial charge in [-0.15, -0.1) is 6.58 Å². The van der Waals surface area contributed by atoms with Crippen molar-refractivity contribution in [1.29, 1.82) is 0 Å².